The molecule has 0 aliphatic rings. The lowest BCUT2D eigenvalue weighted by molar-refractivity contribution is -0.147. The Morgan fingerprint density at radius 2 is 1.11 bits per heavy atom. The van der Waals surface area contributed by atoms with Crippen molar-refractivity contribution in [2.24, 2.45) is 22.9 Å². The summed E-state index contributed by atoms with van der Waals surface area (Å²) in [5.41, 5.74) is 21.8. The molecular formula is C21H39N7O8. The summed E-state index contributed by atoms with van der Waals surface area (Å²) in [6.45, 7) is 0.671. The minimum absolute atomic E-state index is 0.0252. The van der Waals surface area contributed by atoms with Gasteiger partial charge in [-0.3, -0.25) is 24.0 Å². The highest BCUT2D eigenvalue weighted by Gasteiger charge is 2.30. The van der Waals surface area contributed by atoms with Crippen molar-refractivity contribution in [3.05, 3.63) is 0 Å². The molecule has 15 heteroatoms. The topological polar surface area (TPSA) is 283 Å². The van der Waals surface area contributed by atoms with Crippen molar-refractivity contribution >= 4 is 35.6 Å². The van der Waals surface area contributed by atoms with Gasteiger partial charge < -0.3 is 49.1 Å². The van der Waals surface area contributed by atoms with Crippen LogP contribution in [0.15, 0.2) is 0 Å². The third-order valence-electron chi connectivity index (χ3n) is 5.19. The maximum Gasteiger partial charge on any atom is 0.326 e. The zero-order valence-electron chi connectivity index (χ0n) is 20.2. The molecule has 4 atom stereocenters. The van der Waals surface area contributed by atoms with Crippen LogP contribution in [0.25, 0.3) is 0 Å². The maximum absolute atomic E-state index is 13.0. The van der Waals surface area contributed by atoms with Crippen molar-refractivity contribution in [1.82, 2.24) is 16.0 Å². The molecule has 0 aromatic carbocycles. The molecule has 0 heterocycles. The van der Waals surface area contributed by atoms with Gasteiger partial charge >= 0.3 is 11.9 Å². The van der Waals surface area contributed by atoms with Crippen LogP contribution in [0.2, 0.25) is 0 Å². The highest BCUT2D eigenvalue weighted by Crippen LogP contribution is 2.07. The zero-order valence-corrected chi connectivity index (χ0v) is 20.2. The van der Waals surface area contributed by atoms with Crippen molar-refractivity contribution in [3.63, 3.8) is 0 Å². The van der Waals surface area contributed by atoms with Gasteiger partial charge in [0, 0.05) is 6.42 Å². The van der Waals surface area contributed by atoms with E-state index in [1.807, 2.05) is 0 Å². The second-order valence-corrected chi connectivity index (χ2v) is 8.30. The number of carboxylic acids is 2. The van der Waals surface area contributed by atoms with Crippen LogP contribution in [0, 0.1) is 0 Å². The molecule has 0 aromatic rings. The molecule has 0 saturated heterocycles. The Morgan fingerprint density at radius 1 is 0.667 bits per heavy atom. The van der Waals surface area contributed by atoms with E-state index >= 15 is 0 Å². The van der Waals surface area contributed by atoms with E-state index in [1.54, 1.807) is 0 Å². The lowest BCUT2D eigenvalue weighted by Crippen LogP contribution is -2.57. The van der Waals surface area contributed by atoms with E-state index in [-0.39, 0.29) is 25.7 Å². The Balaban J connectivity index is 5.53. The number of carbonyl (C=O) groups is 6. The molecule has 0 aliphatic heterocycles. The van der Waals surface area contributed by atoms with Crippen LogP contribution in [-0.2, 0) is 28.8 Å². The molecule has 206 valence electrons. The predicted octanol–water partition coefficient (Wildman–Crippen LogP) is -3.15. The summed E-state index contributed by atoms with van der Waals surface area (Å²) in [7, 11) is 0. The molecule has 0 fully saturated rings. The van der Waals surface area contributed by atoms with Crippen LogP contribution in [0.1, 0.15) is 57.8 Å². The minimum Gasteiger partial charge on any atom is -0.481 e. The van der Waals surface area contributed by atoms with Gasteiger partial charge in [-0.2, -0.15) is 0 Å². The maximum atomic E-state index is 13.0. The van der Waals surface area contributed by atoms with Crippen molar-refractivity contribution in [2.45, 2.75) is 82.0 Å². The molecule has 0 radical (unpaired) electrons. The molecule has 0 saturated carbocycles. The number of rotatable bonds is 20. The Bertz CT molecular complexity index is 765. The lowest BCUT2D eigenvalue weighted by Gasteiger charge is -2.25. The van der Waals surface area contributed by atoms with E-state index in [4.69, 9.17) is 28.0 Å². The Labute approximate surface area is 209 Å². The Morgan fingerprint density at radius 3 is 1.50 bits per heavy atom. The van der Waals surface area contributed by atoms with E-state index in [9.17, 15) is 33.9 Å². The summed E-state index contributed by atoms with van der Waals surface area (Å²) in [6, 6.07) is -5.11. The fourth-order valence-corrected chi connectivity index (χ4v) is 3.15. The summed E-state index contributed by atoms with van der Waals surface area (Å²) in [5, 5.41) is 25.2. The van der Waals surface area contributed by atoms with Crippen LogP contribution < -0.4 is 38.9 Å². The Kier molecular flexibility index (Phi) is 16.4. The van der Waals surface area contributed by atoms with Gasteiger partial charge in [0.25, 0.3) is 0 Å². The monoisotopic (exact) mass is 517 g/mol. The van der Waals surface area contributed by atoms with Gasteiger partial charge in [0.1, 0.15) is 18.1 Å². The van der Waals surface area contributed by atoms with Crippen molar-refractivity contribution in [1.29, 1.82) is 0 Å². The van der Waals surface area contributed by atoms with Crippen molar-refractivity contribution < 1.29 is 39.0 Å². The fourth-order valence-electron chi connectivity index (χ4n) is 3.15. The molecule has 0 spiro atoms. The average molecular weight is 518 g/mol. The van der Waals surface area contributed by atoms with Crippen LogP contribution in [0.4, 0.5) is 0 Å². The first kappa shape index (κ1) is 32.7. The fraction of sp³-hybridized carbons (Fsp3) is 0.714. The molecule has 15 nitrogen and oxygen atoms in total. The number of unbranched alkanes of at least 4 members (excludes halogenated alkanes) is 2. The third kappa shape index (κ3) is 14.2. The first-order chi connectivity index (χ1) is 16.9. The number of hydrogen-bond donors (Lipinski definition) is 9. The van der Waals surface area contributed by atoms with Gasteiger partial charge in [0.05, 0.1) is 12.5 Å². The van der Waals surface area contributed by atoms with Gasteiger partial charge in [-0.05, 0) is 58.0 Å². The van der Waals surface area contributed by atoms with Crippen LogP contribution in [0.3, 0.4) is 0 Å². The second kappa shape index (κ2) is 18.0. The number of amides is 4. The number of nitrogens with one attached hydrogen (secondary N) is 3. The van der Waals surface area contributed by atoms with Gasteiger partial charge in [-0.1, -0.05) is 0 Å². The average Bonchev–Trinajstić information content (AvgIpc) is 2.80. The molecule has 4 unspecified atom stereocenters. The van der Waals surface area contributed by atoms with Crippen LogP contribution >= 0.6 is 0 Å². The molecular weight excluding hydrogens is 478 g/mol. The number of carboxylic acid groups (broad SMARTS) is 2. The first-order valence-electron chi connectivity index (χ1n) is 11.7. The highest BCUT2D eigenvalue weighted by atomic mass is 16.4. The lowest BCUT2D eigenvalue weighted by atomic mass is 10.0. The van der Waals surface area contributed by atoms with E-state index in [0.717, 1.165) is 0 Å². The van der Waals surface area contributed by atoms with Gasteiger partial charge in [0.15, 0.2) is 0 Å². The van der Waals surface area contributed by atoms with Gasteiger partial charge in [-0.15, -0.1) is 0 Å². The number of primary amides is 1. The molecule has 36 heavy (non-hydrogen) atoms. The molecule has 0 aromatic heterocycles. The van der Waals surface area contributed by atoms with Gasteiger partial charge in [0.2, 0.25) is 23.6 Å². The summed E-state index contributed by atoms with van der Waals surface area (Å²) >= 11 is 0. The summed E-state index contributed by atoms with van der Waals surface area (Å²) < 4.78 is 0. The summed E-state index contributed by atoms with van der Waals surface area (Å²) in [6.07, 6.45) is 1.22. The normalized spacial score (nSPS) is 14.1. The molecule has 13 N–H and O–H groups in total. The highest BCUT2D eigenvalue weighted by molar-refractivity contribution is 5.94. The SMILES string of the molecule is NCCCCC(NC(=O)C(N)CCC(N)=O)C(=O)NC(CCCCN)C(=O)NC(CC(=O)O)C(=O)O. The summed E-state index contributed by atoms with van der Waals surface area (Å²) in [4.78, 5) is 71.4. The number of nitrogens with two attached hydrogens (primary N) is 4. The van der Waals surface area contributed by atoms with E-state index < -0.39 is 66.2 Å². The zero-order chi connectivity index (χ0) is 27.7. The van der Waals surface area contributed by atoms with Gasteiger partial charge in [-0.25, -0.2) is 4.79 Å². The quantitative estimate of drug-likeness (QED) is 0.0726. The smallest absolute Gasteiger partial charge is 0.326 e. The standard InChI is InChI=1S/C21H39N7O8/c22-9-3-1-5-13(26-18(32)12(24)7-8-16(25)29)19(33)27-14(6-2-4-10-23)20(34)28-15(21(35)36)11-17(30)31/h12-15H,1-11,22-24H2,(H2,25,29)(H,26,32)(H,27,33)(H,28,34)(H,30,31)(H,35,36). The number of carbonyl (C=O) groups excluding carboxylic acids is 4. The Hall–Kier alpha value is -3.30. The second-order valence-electron chi connectivity index (χ2n) is 8.30. The van der Waals surface area contributed by atoms with Crippen molar-refractivity contribution in [2.75, 3.05) is 13.1 Å². The number of hydrogen-bond acceptors (Lipinski definition) is 9. The number of aliphatic carboxylic acids is 2. The van der Waals surface area contributed by atoms with E-state index in [1.165, 1.54) is 0 Å². The predicted molar refractivity (Wildman–Crippen MR) is 128 cm³/mol. The van der Waals surface area contributed by atoms with Crippen molar-refractivity contribution in [3.8, 4) is 0 Å². The third-order valence-corrected chi connectivity index (χ3v) is 5.19. The molecule has 0 aliphatic carbocycles. The van der Waals surface area contributed by atoms with Crippen LogP contribution in [0.5, 0.6) is 0 Å². The largest absolute Gasteiger partial charge is 0.481 e. The first-order valence-corrected chi connectivity index (χ1v) is 11.7. The molecule has 4 amide bonds. The summed E-state index contributed by atoms with van der Waals surface area (Å²) in [5.74, 6) is -5.92. The molecule has 0 rings (SSSR count). The van der Waals surface area contributed by atoms with E-state index in [0.29, 0.717) is 38.8 Å². The van der Waals surface area contributed by atoms with E-state index in [2.05, 4.69) is 16.0 Å². The molecule has 0 bridgehead atoms. The van der Waals surface area contributed by atoms with Crippen LogP contribution in [-0.4, -0.2) is 83.0 Å². The minimum atomic E-state index is -1.70.